The second-order valence-electron chi connectivity index (χ2n) is 4.17. The Labute approximate surface area is 101 Å². The predicted octanol–water partition coefficient (Wildman–Crippen LogP) is 3.85. The van der Waals surface area contributed by atoms with Crippen LogP contribution in [0.4, 0.5) is 0 Å². The van der Waals surface area contributed by atoms with Crippen LogP contribution >= 0.6 is 23.2 Å². The SMILES string of the molecule is CC1NCCCC1c1ccc(Cl)c(Cl)c1. The molecule has 82 valence electrons. The average molecular weight is 244 g/mol. The zero-order chi connectivity index (χ0) is 10.8. The first-order chi connectivity index (χ1) is 7.18. The molecule has 0 amide bonds. The lowest BCUT2D eigenvalue weighted by atomic mass is 9.86. The van der Waals surface area contributed by atoms with E-state index in [0.29, 0.717) is 22.0 Å². The molecule has 15 heavy (non-hydrogen) atoms. The summed E-state index contributed by atoms with van der Waals surface area (Å²) in [6, 6.07) is 6.50. The maximum Gasteiger partial charge on any atom is 0.0595 e. The highest BCUT2D eigenvalue weighted by atomic mass is 35.5. The lowest BCUT2D eigenvalue weighted by Gasteiger charge is -2.30. The van der Waals surface area contributed by atoms with Crippen LogP contribution in [0.15, 0.2) is 18.2 Å². The fraction of sp³-hybridized carbons (Fsp3) is 0.500. The highest BCUT2D eigenvalue weighted by Gasteiger charge is 2.22. The summed E-state index contributed by atoms with van der Waals surface area (Å²) >= 11 is 11.9. The number of halogens is 2. The monoisotopic (exact) mass is 243 g/mol. The average Bonchev–Trinajstić information content (AvgIpc) is 2.23. The third-order valence-electron chi connectivity index (χ3n) is 3.13. The van der Waals surface area contributed by atoms with Gasteiger partial charge in [-0.15, -0.1) is 0 Å². The molecule has 1 fully saturated rings. The van der Waals surface area contributed by atoms with Gasteiger partial charge in [-0.05, 0) is 49.9 Å². The van der Waals surface area contributed by atoms with Crippen LogP contribution in [0.5, 0.6) is 0 Å². The Bertz CT molecular complexity index is 351. The van der Waals surface area contributed by atoms with Crippen molar-refractivity contribution in [1.82, 2.24) is 5.32 Å². The first kappa shape index (κ1) is 11.3. The van der Waals surface area contributed by atoms with Gasteiger partial charge in [0.15, 0.2) is 0 Å². The van der Waals surface area contributed by atoms with E-state index in [9.17, 15) is 0 Å². The molecule has 2 unspecified atom stereocenters. The van der Waals surface area contributed by atoms with E-state index in [1.165, 1.54) is 18.4 Å². The van der Waals surface area contributed by atoms with Gasteiger partial charge in [-0.1, -0.05) is 29.3 Å². The first-order valence-electron chi connectivity index (χ1n) is 5.37. The third kappa shape index (κ3) is 2.47. The molecule has 1 nitrogen and oxygen atoms in total. The van der Waals surface area contributed by atoms with E-state index >= 15 is 0 Å². The van der Waals surface area contributed by atoms with E-state index in [0.717, 1.165) is 6.54 Å². The van der Waals surface area contributed by atoms with Crippen LogP contribution in [-0.2, 0) is 0 Å². The van der Waals surface area contributed by atoms with Crippen LogP contribution in [0.3, 0.4) is 0 Å². The van der Waals surface area contributed by atoms with Gasteiger partial charge in [0.25, 0.3) is 0 Å². The van der Waals surface area contributed by atoms with Gasteiger partial charge in [-0.2, -0.15) is 0 Å². The van der Waals surface area contributed by atoms with Gasteiger partial charge in [0, 0.05) is 6.04 Å². The number of hydrogen-bond acceptors (Lipinski definition) is 1. The van der Waals surface area contributed by atoms with Crippen molar-refractivity contribution in [3.05, 3.63) is 33.8 Å². The topological polar surface area (TPSA) is 12.0 Å². The molecular formula is C12H15Cl2N. The molecule has 0 saturated carbocycles. The van der Waals surface area contributed by atoms with Crippen LogP contribution in [0.1, 0.15) is 31.2 Å². The fourth-order valence-corrected chi connectivity index (χ4v) is 2.55. The molecule has 0 aromatic heterocycles. The van der Waals surface area contributed by atoms with Crippen molar-refractivity contribution >= 4 is 23.2 Å². The highest BCUT2D eigenvalue weighted by molar-refractivity contribution is 6.42. The third-order valence-corrected chi connectivity index (χ3v) is 3.87. The molecule has 1 aromatic rings. The lowest BCUT2D eigenvalue weighted by Crippen LogP contribution is -2.37. The normalized spacial score (nSPS) is 26.6. The molecule has 0 aliphatic carbocycles. The number of piperidine rings is 1. The van der Waals surface area contributed by atoms with Crippen molar-refractivity contribution in [3.63, 3.8) is 0 Å². The summed E-state index contributed by atoms with van der Waals surface area (Å²) in [6.07, 6.45) is 2.46. The van der Waals surface area contributed by atoms with Crippen molar-refractivity contribution < 1.29 is 0 Å². The minimum atomic E-state index is 0.524. The van der Waals surface area contributed by atoms with Crippen molar-refractivity contribution in [2.75, 3.05) is 6.54 Å². The van der Waals surface area contributed by atoms with Crippen molar-refractivity contribution in [1.29, 1.82) is 0 Å². The van der Waals surface area contributed by atoms with Crippen molar-refractivity contribution in [2.24, 2.45) is 0 Å². The van der Waals surface area contributed by atoms with Gasteiger partial charge in [0.05, 0.1) is 10.0 Å². The number of nitrogens with one attached hydrogen (secondary N) is 1. The molecule has 2 rings (SSSR count). The molecule has 0 spiro atoms. The largest absolute Gasteiger partial charge is 0.314 e. The van der Waals surface area contributed by atoms with E-state index < -0.39 is 0 Å². The molecule has 1 aliphatic heterocycles. The van der Waals surface area contributed by atoms with Gasteiger partial charge >= 0.3 is 0 Å². The van der Waals surface area contributed by atoms with E-state index in [-0.39, 0.29) is 0 Å². The Hall–Kier alpha value is -0.240. The Balaban J connectivity index is 2.24. The van der Waals surface area contributed by atoms with E-state index in [4.69, 9.17) is 23.2 Å². The summed E-state index contributed by atoms with van der Waals surface area (Å²) in [5.74, 6) is 0.563. The van der Waals surface area contributed by atoms with Gasteiger partial charge in [-0.25, -0.2) is 0 Å². The Morgan fingerprint density at radius 1 is 1.27 bits per heavy atom. The Morgan fingerprint density at radius 3 is 2.73 bits per heavy atom. The standard InChI is InChI=1S/C12H15Cl2N/c1-8-10(3-2-6-15-8)9-4-5-11(13)12(14)7-9/h4-5,7-8,10,15H,2-3,6H2,1H3. The minimum absolute atomic E-state index is 0.524. The van der Waals surface area contributed by atoms with Gasteiger partial charge in [0.1, 0.15) is 0 Å². The molecule has 1 aliphatic rings. The summed E-state index contributed by atoms with van der Waals surface area (Å²) in [5, 5.41) is 4.78. The van der Waals surface area contributed by atoms with E-state index in [1.807, 2.05) is 12.1 Å². The van der Waals surface area contributed by atoms with Crippen molar-refractivity contribution in [3.8, 4) is 0 Å². The lowest BCUT2D eigenvalue weighted by molar-refractivity contribution is 0.371. The zero-order valence-corrected chi connectivity index (χ0v) is 10.3. The van der Waals surface area contributed by atoms with Gasteiger partial charge in [0.2, 0.25) is 0 Å². The molecule has 1 aromatic carbocycles. The van der Waals surface area contributed by atoms with Crippen LogP contribution in [0, 0.1) is 0 Å². The second-order valence-corrected chi connectivity index (χ2v) is 4.98. The van der Waals surface area contributed by atoms with Gasteiger partial charge < -0.3 is 5.32 Å². The molecule has 1 heterocycles. The Morgan fingerprint density at radius 2 is 2.07 bits per heavy atom. The van der Waals surface area contributed by atoms with E-state index in [1.54, 1.807) is 0 Å². The molecule has 3 heteroatoms. The maximum atomic E-state index is 6.03. The molecule has 0 radical (unpaired) electrons. The minimum Gasteiger partial charge on any atom is -0.314 e. The van der Waals surface area contributed by atoms with Gasteiger partial charge in [-0.3, -0.25) is 0 Å². The molecule has 2 atom stereocenters. The summed E-state index contributed by atoms with van der Waals surface area (Å²) in [6.45, 7) is 3.35. The first-order valence-corrected chi connectivity index (χ1v) is 6.12. The van der Waals surface area contributed by atoms with Crippen LogP contribution in [0.2, 0.25) is 10.0 Å². The van der Waals surface area contributed by atoms with Crippen molar-refractivity contribution in [2.45, 2.75) is 31.7 Å². The number of benzene rings is 1. The quantitative estimate of drug-likeness (QED) is 0.791. The smallest absolute Gasteiger partial charge is 0.0595 e. The summed E-state index contributed by atoms with van der Waals surface area (Å²) in [7, 11) is 0. The number of hydrogen-bond donors (Lipinski definition) is 1. The second kappa shape index (κ2) is 4.73. The number of rotatable bonds is 1. The highest BCUT2D eigenvalue weighted by Crippen LogP contribution is 2.32. The fourth-order valence-electron chi connectivity index (χ4n) is 2.24. The Kier molecular flexibility index (Phi) is 3.55. The van der Waals surface area contributed by atoms with Crippen LogP contribution < -0.4 is 5.32 Å². The van der Waals surface area contributed by atoms with E-state index in [2.05, 4.69) is 18.3 Å². The maximum absolute atomic E-state index is 6.03. The molecule has 1 N–H and O–H groups in total. The molecular weight excluding hydrogens is 229 g/mol. The molecule has 0 bridgehead atoms. The summed E-state index contributed by atoms with van der Waals surface area (Å²) in [5.41, 5.74) is 1.30. The predicted molar refractivity (Wildman–Crippen MR) is 65.9 cm³/mol. The summed E-state index contributed by atoms with van der Waals surface area (Å²) < 4.78 is 0. The van der Waals surface area contributed by atoms with Crippen LogP contribution in [0.25, 0.3) is 0 Å². The summed E-state index contributed by atoms with van der Waals surface area (Å²) in [4.78, 5) is 0. The molecule has 1 saturated heterocycles. The zero-order valence-electron chi connectivity index (χ0n) is 8.76. The van der Waals surface area contributed by atoms with Crippen LogP contribution in [-0.4, -0.2) is 12.6 Å².